The fraction of sp³-hybridized carbons (Fsp3) is 0.533. The number of nitrogens with zero attached hydrogens (tertiary/aromatic N) is 1. The molecule has 1 aliphatic heterocycles. The van der Waals surface area contributed by atoms with Gasteiger partial charge in [-0.2, -0.15) is 0 Å². The third-order valence-electron chi connectivity index (χ3n) is 3.49. The number of benzene rings is 1. The summed E-state index contributed by atoms with van der Waals surface area (Å²) in [4.78, 5) is 15.2. The lowest BCUT2D eigenvalue weighted by Gasteiger charge is -2.33. The lowest BCUT2D eigenvalue weighted by atomic mass is 10.1. The van der Waals surface area contributed by atoms with Crippen molar-refractivity contribution >= 4 is 17.7 Å². The van der Waals surface area contributed by atoms with Gasteiger partial charge >= 0.3 is 0 Å². The van der Waals surface area contributed by atoms with Crippen LogP contribution in [-0.4, -0.2) is 46.1 Å². The zero-order valence-corrected chi connectivity index (χ0v) is 12.9. The average molecular weight is 295 g/mol. The summed E-state index contributed by atoms with van der Waals surface area (Å²) < 4.78 is 5.77. The Bertz CT molecular complexity index is 463. The monoisotopic (exact) mass is 295 g/mol. The Labute approximate surface area is 124 Å². The van der Waals surface area contributed by atoms with Crippen LogP contribution in [0.25, 0.3) is 0 Å². The van der Waals surface area contributed by atoms with Gasteiger partial charge < -0.3 is 14.7 Å². The van der Waals surface area contributed by atoms with E-state index in [1.807, 2.05) is 51.1 Å². The molecule has 1 aromatic rings. The summed E-state index contributed by atoms with van der Waals surface area (Å²) in [5.74, 6) is 0.340. The van der Waals surface area contributed by atoms with Crippen LogP contribution in [0.1, 0.15) is 20.8 Å². The van der Waals surface area contributed by atoms with E-state index >= 15 is 0 Å². The summed E-state index contributed by atoms with van der Waals surface area (Å²) in [6.45, 7) is 5.54. The summed E-state index contributed by atoms with van der Waals surface area (Å²) in [7, 11) is 0. The van der Waals surface area contributed by atoms with Crippen LogP contribution < -0.4 is 0 Å². The molecule has 0 bridgehead atoms. The van der Waals surface area contributed by atoms with Crippen molar-refractivity contribution in [2.75, 3.05) is 12.4 Å². The van der Waals surface area contributed by atoms with E-state index in [2.05, 4.69) is 0 Å². The van der Waals surface area contributed by atoms with Crippen molar-refractivity contribution < 1.29 is 14.6 Å². The number of rotatable bonds is 4. The topological polar surface area (TPSA) is 49.8 Å². The fourth-order valence-electron chi connectivity index (χ4n) is 2.65. The summed E-state index contributed by atoms with van der Waals surface area (Å²) in [6.07, 6.45) is -0.152. The lowest BCUT2D eigenvalue weighted by Crippen LogP contribution is -2.50. The molecule has 1 aliphatic rings. The minimum atomic E-state index is -0.666. The minimum absolute atomic E-state index is 0.00717. The maximum atomic E-state index is 12.5. The fourth-order valence-corrected chi connectivity index (χ4v) is 3.43. The number of amides is 1. The van der Waals surface area contributed by atoms with E-state index in [0.29, 0.717) is 5.75 Å². The number of aliphatic hydroxyl groups excluding tert-OH is 1. The summed E-state index contributed by atoms with van der Waals surface area (Å²) in [6, 6.07) is 9.55. The second kappa shape index (κ2) is 6.16. The highest BCUT2D eigenvalue weighted by atomic mass is 32.2. The smallest absolute Gasteiger partial charge is 0.235 e. The Kier molecular flexibility index (Phi) is 4.73. The molecule has 1 fully saturated rings. The Morgan fingerprint density at radius 3 is 2.65 bits per heavy atom. The standard InChI is InChI=1S/C15H21NO3S/c1-11-13(9-17)16(15(2,3)19-11)14(18)10-20-12-7-5-4-6-8-12/h4-8,11,13,17H,9-10H2,1-3H3/t11-,13-/m1/s1. The van der Waals surface area contributed by atoms with Crippen molar-refractivity contribution in [3.05, 3.63) is 30.3 Å². The molecule has 0 aromatic heterocycles. The van der Waals surface area contributed by atoms with E-state index in [9.17, 15) is 9.90 Å². The summed E-state index contributed by atoms with van der Waals surface area (Å²) >= 11 is 1.50. The lowest BCUT2D eigenvalue weighted by molar-refractivity contribution is -0.144. The van der Waals surface area contributed by atoms with Gasteiger partial charge in [0.25, 0.3) is 0 Å². The quantitative estimate of drug-likeness (QED) is 0.865. The second-order valence-electron chi connectivity index (χ2n) is 5.39. The van der Waals surface area contributed by atoms with Crippen LogP contribution in [0.5, 0.6) is 0 Å². The van der Waals surface area contributed by atoms with Gasteiger partial charge in [-0.25, -0.2) is 0 Å². The van der Waals surface area contributed by atoms with Crippen molar-refractivity contribution in [3.8, 4) is 0 Å². The Balaban J connectivity index is 2.04. The predicted octanol–water partition coefficient (Wildman–Crippen LogP) is 2.12. The average Bonchev–Trinajstić information content (AvgIpc) is 2.65. The predicted molar refractivity (Wildman–Crippen MR) is 79.5 cm³/mol. The van der Waals surface area contributed by atoms with Crippen LogP contribution in [0, 0.1) is 0 Å². The molecule has 0 aliphatic carbocycles. The number of hydrogen-bond donors (Lipinski definition) is 1. The molecule has 4 nitrogen and oxygen atoms in total. The Morgan fingerprint density at radius 1 is 1.40 bits per heavy atom. The first-order valence-electron chi connectivity index (χ1n) is 6.74. The normalized spacial score (nSPS) is 24.9. The maximum Gasteiger partial charge on any atom is 0.235 e. The van der Waals surface area contributed by atoms with Crippen LogP contribution >= 0.6 is 11.8 Å². The molecule has 1 saturated heterocycles. The minimum Gasteiger partial charge on any atom is -0.394 e. The SMILES string of the molecule is C[C@H]1OC(C)(C)N(C(=O)CSc2ccccc2)[C@@H]1CO. The molecule has 5 heteroatoms. The van der Waals surface area contributed by atoms with Gasteiger partial charge in [-0.15, -0.1) is 11.8 Å². The van der Waals surface area contributed by atoms with E-state index < -0.39 is 5.72 Å². The first-order valence-corrected chi connectivity index (χ1v) is 7.73. The molecule has 0 radical (unpaired) electrons. The number of hydrogen-bond acceptors (Lipinski definition) is 4. The molecule has 1 aromatic carbocycles. The molecular formula is C15H21NO3S. The largest absolute Gasteiger partial charge is 0.394 e. The molecule has 110 valence electrons. The highest BCUT2D eigenvalue weighted by Crippen LogP contribution is 2.33. The number of carbonyl (C=O) groups is 1. The van der Waals surface area contributed by atoms with Gasteiger partial charge in [0.1, 0.15) is 5.72 Å². The number of thioether (sulfide) groups is 1. The van der Waals surface area contributed by atoms with Gasteiger partial charge in [-0.05, 0) is 32.9 Å². The van der Waals surface area contributed by atoms with Gasteiger partial charge in [0.05, 0.1) is 24.5 Å². The van der Waals surface area contributed by atoms with Crippen LogP contribution in [0.3, 0.4) is 0 Å². The van der Waals surface area contributed by atoms with Crippen LogP contribution in [0.4, 0.5) is 0 Å². The third-order valence-corrected chi connectivity index (χ3v) is 4.49. The van der Waals surface area contributed by atoms with Gasteiger partial charge in [0.15, 0.2) is 0 Å². The van der Waals surface area contributed by atoms with Crippen molar-refractivity contribution in [3.63, 3.8) is 0 Å². The number of ether oxygens (including phenoxy) is 1. The third kappa shape index (κ3) is 3.16. The van der Waals surface area contributed by atoms with E-state index in [4.69, 9.17) is 4.74 Å². The van der Waals surface area contributed by atoms with Crippen molar-refractivity contribution in [1.29, 1.82) is 0 Å². The molecule has 2 rings (SSSR count). The first-order chi connectivity index (χ1) is 9.45. The highest BCUT2D eigenvalue weighted by molar-refractivity contribution is 8.00. The van der Waals surface area contributed by atoms with Gasteiger partial charge in [0.2, 0.25) is 5.91 Å². The van der Waals surface area contributed by atoms with Crippen LogP contribution in [-0.2, 0) is 9.53 Å². The maximum absolute atomic E-state index is 12.5. The van der Waals surface area contributed by atoms with E-state index in [1.54, 1.807) is 4.90 Å². The van der Waals surface area contributed by atoms with Crippen molar-refractivity contribution in [1.82, 2.24) is 4.90 Å². The zero-order chi connectivity index (χ0) is 14.8. The summed E-state index contributed by atoms with van der Waals surface area (Å²) in [5, 5.41) is 9.49. The molecule has 0 spiro atoms. The molecule has 1 heterocycles. The van der Waals surface area contributed by atoms with Crippen LogP contribution in [0.2, 0.25) is 0 Å². The molecule has 0 unspecified atom stereocenters. The van der Waals surface area contributed by atoms with Gasteiger partial charge in [-0.3, -0.25) is 4.79 Å². The molecular weight excluding hydrogens is 274 g/mol. The van der Waals surface area contributed by atoms with Gasteiger partial charge in [-0.1, -0.05) is 18.2 Å². The molecule has 1 amide bonds. The Morgan fingerprint density at radius 2 is 2.05 bits per heavy atom. The molecule has 0 saturated carbocycles. The molecule has 20 heavy (non-hydrogen) atoms. The number of aliphatic hydroxyl groups is 1. The van der Waals surface area contributed by atoms with E-state index in [0.717, 1.165) is 4.90 Å². The summed E-state index contributed by atoms with van der Waals surface area (Å²) in [5.41, 5.74) is -0.666. The number of carbonyl (C=O) groups excluding carboxylic acids is 1. The van der Waals surface area contributed by atoms with Crippen molar-refractivity contribution in [2.24, 2.45) is 0 Å². The van der Waals surface area contributed by atoms with Crippen molar-refractivity contribution in [2.45, 2.75) is 43.5 Å². The van der Waals surface area contributed by atoms with Crippen LogP contribution in [0.15, 0.2) is 35.2 Å². The molecule has 1 N–H and O–H groups in total. The second-order valence-corrected chi connectivity index (χ2v) is 6.43. The molecule has 2 atom stereocenters. The Hall–Kier alpha value is -1.04. The van der Waals surface area contributed by atoms with E-state index in [-0.39, 0.29) is 24.7 Å². The highest BCUT2D eigenvalue weighted by Gasteiger charge is 2.47. The first kappa shape index (κ1) is 15.4. The zero-order valence-electron chi connectivity index (χ0n) is 12.1. The van der Waals surface area contributed by atoms with E-state index in [1.165, 1.54) is 11.8 Å². The van der Waals surface area contributed by atoms with Gasteiger partial charge in [0, 0.05) is 4.90 Å².